The summed E-state index contributed by atoms with van der Waals surface area (Å²) in [5.41, 5.74) is 6.28. The number of imidazole rings is 1. The smallest absolute Gasteiger partial charge is 0.298 e. The van der Waals surface area contributed by atoms with Crippen molar-refractivity contribution in [2.45, 2.75) is 82.7 Å². The van der Waals surface area contributed by atoms with Crippen LogP contribution in [-0.2, 0) is 12.7 Å². The number of halogens is 3. The molecule has 5 fully saturated rings. The first kappa shape index (κ1) is 27.4. The Balaban J connectivity index is 1.22. The number of alkyl halides is 3. The van der Waals surface area contributed by atoms with Crippen LogP contribution in [0.25, 0.3) is 5.52 Å². The molecule has 2 saturated heterocycles. The van der Waals surface area contributed by atoms with E-state index >= 15 is 0 Å². The average Bonchev–Trinajstić information content (AvgIpc) is 3.18. The van der Waals surface area contributed by atoms with Gasteiger partial charge in [0.15, 0.2) is 0 Å². The summed E-state index contributed by atoms with van der Waals surface area (Å²) >= 11 is 0. The molecule has 1 spiro atoms. The molecule has 222 valence electrons. The van der Waals surface area contributed by atoms with Crippen LogP contribution >= 0.6 is 0 Å². The van der Waals surface area contributed by atoms with Crippen LogP contribution in [0.2, 0.25) is 0 Å². The van der Waals surface area contributed by atoms with Gasteiger partial charge in [-0.3, -0.25) is 18.8 Å². The van der Waals surface area contributed by atoms with Crippen LogP contribution in [0.15, 0.2) is 23.3 Å². The molecule has 4 unspecified atom stereocenters. The number of aromatic nitrogens is 2. The number of nitriles is 1. The topological polar surface area (TPSA) is 80.7 Å². The third kappa shape index (κ3) is 5.01. The fourth-order valence-electron chi connectivity index (χ4n) is 8.42. The summed E-state index contributed by atoms with van der Waals surface area (Å²) in [5, 5.41) is 10.0. The highest BCUT2D eigenvalue weighted by Crippen LogP contribution is 2.53. The van der Waals surface area contributed by atoms with Gasteiger partial charge in [-0.25, -0.2) is 15.6 Å². The molecule has 4 heterocycles. The molecule has 5 aliphatic rings. The van der Waals surface area contributed by atoms with Crippen LogP contribution in [0.3, 0.4) is 0 Å². The van der Waals surface area contributed by atoms with Crippen LogP contribution in [0, 0.1) is 40.4 Å². The van der Waals surface area contributed by atoms with Gasteiger partial charge >= 0.3 is 11.9 Å². The minimum Gasteiger partial charge on any atom is -0.298 e. The Morgan fingerprint density at radius 1 is 1.15 bits per heavy atom. The van der Waals surface area contributed by atoms with Gasteiger partial charge in [-0.15, -0.1) is 0 Å². The Morgan fingerprint density at radius 3 is 2.56 bits per heavy atom. The zero-order valence-corrected chi connectivity index (χ0v) is 23.7. The molecule has 0 amide bonds. The minimum atomic E-state index is -4.58. The Labute approximate surface area is 238 Å². The van der Waals surface area contributed by atoms with E-state index in [1.807, 2.05) is 0 Å². The van der Waals surface area contributed by atoms with Gasteiger partial charge in [-0.05, 0) is 86.9 Å². The summed E-state index contributed by atoms with van der Waals surface area (Å²) in [6.07, 6.45) is 7.53. The molecule has 7 rings (SSSR count). The summed E-state index contributed by atoms with van der Waals surface area (Å²) in [5.74, 6) is 0.810. The second-order valence-corrected chi connectivity index (χ2v) is 13.7. The van der Waals surface area contributed by atoms with Crippen LogP contribution in [0.4, 0.5) is 13.2 Å². The van der Waals surface area contributed by atoms with Crippen molar-refractivity contribution in [3.05, 3.63) is 40.1 Å². The van der Waals surface area contributed by atoms with E-state index in [1.165, 1.54) is 40.5 Å². The van der Waals surface area contributed by atoms with Crippen LogP contribution in [-0.4, -0.2) is 51.7 Å². The van der Waals surface area contributed by atoms with Crippen molar-refractivity contribution in [1.82, 2.24) is 29.6 Å². The van der Waals surface area contributed by atoms with E-state index in [2.05, 4.69) is 33.8 Å². The number of fused-ring (bicyclic) bond motifs is 1. The van der Waals surface area contributed by atoms with Crippen LogP contribution < -0.4 is 16.5 Å². The highest BCUT2D eigenvalue weighted by atomic mass is 19.4. The average molecular weight is 572 g/mol. The first-order valence-electron chi connectivity index (χ1n) is 15.3. The SMILES string of the molecule is CN1CNNC1[C@@H](C1CCC1)C1CC(C#N)CC(n2cc3c(C(F)(F)F)cc(CN4CCC5(CC5)C4)cn3c2=O)C1. The maximum absolute atomic E-state index is 14.4. The van der Waals surface area contributed by atoms with Crippen molar-refractivity contribution in [3.8, 4) is 6.07 Å². The summed E-state index contributed by atoms with van der Waals surface area (Å²) in [6, 6.07) is 3.38. The number of nitrogens with one attached hydrogen (secondary N) is 2. The first-order valence-corrected chi connectivity index (χ1v) is 15.3. The maximum Gasteiger partial charge on any atom is 0.418 e. The van der Waals surface area contributed by atoms with Crippen molar-refractivity contribution < 1.29 is 13.2 Å². The molecule has 0 radical (unpaired) electrons. The van der Waals surface area contributed by atoms with Gasteiger partial charge in [-0.2, -0.15) is 18.4 Å². The van der Waals surface area contributed by atoms with Crippen molar-refractivity contribution in [2.75, 3.05) is 26.8 Å². The van der Waals surface area contributed by atoms with E-state index in [0.717, 1.165) is 45.4 Å². The number of hydrogen-bond acceptors (Lipinski definition) is 6. The predicted molar refractivity (Wildman–Crippen MR) is 147 cm³/mol. The van der Waals surface area contributed by atoms with Crippen molar-refractivity contribution >= 4 is 5.52 Å². The summed E-state index contributed by atoms with van der Waals surface area (Å²) < 4.78 is 45.8. The van der Waals surface area contributed by atoms with Gasteiger partial charge in [0, 0.05) is 37.4 Å². The Morgan fingerprint density at radius 2 is 1.95 bits per heavy atom. The molecule has 11 heteroatoms. The van der Waals surface area contributed by atoms with E-state index in [0.29, 0.717) is 42.2 Å². The molecular weight excluding hydrogens is 531 g/mol. The minimum absolute atomic E-state index is 0.0982. The van der Waals surface area contributed by atoms with Gasteiger partial charge in [0.25, 0.3) is 0 Å². The maximum atomic E-state index is 14.4. The summed E-state index contributed by atoms with van der Waals surface area (Å²) in [4.78, 5) is 18.3. The molecule has 3 aliphatic carbocycles. The normalized spacial score (nSPS) is 31.5. The molecule has 8 nitrogen and oxygen atoms in total. The lowest BCUT2D eigenvalue weighted by atomic mass is 9.63. The lowest BCUT2D eigenvalue weighted by molar-refractivity contribution is -0.136. The Bertz CT molecular complexity index is 1400. The second kappa shape index (κ2) is 10.1. The lowest BCUT2D eigenvalue weighted by Gasteiger charge is -2.46. The third-order valence-corrected chi connectivity index (χ3v) is 11.0. The molecule has 2 aromatic heterocycles. The molecule has 0 bridgehead atoms. The zero-order valence-electron chi connectivity index (χ0n) is 23.7. The molecule has 41 heavy (non-hydrogen) atoms. The largest absolute Gasteiger partial charge is 0.418 e. The predicted octanol–water partition coefficient (Wildman–Crippen LogP) is 4.33. The molecule has 5 atom stereocenters. The van der Waals surface area contributed by atoms with E-state index in [1.54, 1.807) is 6.20 Å². The van der Waals surface area contributed by atoms with Gasteiger partial charge in [0.2, 0.25) is 0 Å². The number of hydrogen-bond donors (Lipinski definition) is 2. The number of nitrogens with zero attached hydrogens (tertiary/aromatic N) is 5. The van der Waals surface area contributed by atoms with E-state index in [-0.39, 0.29) is 29.6 Å². The lowest BCUT2D eigenvalue weighted by Crippen LogP contribution is -2.50. The van der Waals surface area contributed by atoms with Crippen molar-refractivity contribution in [3.63, 3.8) is 0 Å². The van der Waals surface area contributed by atoms with Crippen molar-refractivity contribution in [1.29, 1.82) is 5.26 Å². The highest BCUT2D eigenvalue weighted by molar-refractivity contribution is 5.56. The van der Waals surface area contributed by atoms with Crippen LogP contribution in [0.1, 0.15) is 75.0 Å². The standard InChI is InChI=1S/C30H40F3N7O/c1-37-18-35-36-27(37)26(21-3-2-4-21)22-9-19(13-34)10-23(12-22)39-16-25-24(30(31,32)33)11-20(15-40(25)28(39)41)14-38-8-7-29(17-38)5-6-29/h11,15-16,19,21-23,26-27,35-36H,2-10,12,14,17-18H2,1H3/t19?,22?,23?,26-,27?/m0/s1. The molecule has 0 aromatic carbocycles. The summed E-state index contributed by atoms with van der Waals surface area (Å²) in [7, 11) is 2.08. The second-order valence-electron chi connectivity index (χ2n) is 13.7. The van der Waals surface area contributed by atoms with Gasteiger partial charge < -0.3 is 0 Å². The fraction of sp³-hybridized carbons (Fsp3) is 0.733. The number of hydrazine groups is 1. The number of likely N-dealkylation sites (tertiary alicyclic amines) is 1. The van der Waals surface area contributed by atoms with Gasteiger partial charge in [0.05, 0.1) is 30.0 Å². The van der Waals surface area contributed by atoms with Gasteiger partial charge in [-0.1, -0.05) is 19.3 Å². The summed E-state index contributed by atoms with van der Waals surface area (Å²) in [6.45, 7) is 2.96. The molecule has 3 saturated carbocycles. The van der Waals surface area contributed by atoms with E-state index in [4.69, 9.17) is 0 Å². The third-order valence-electron chi connectivity index (χ3n) is 11.0. The van der Waals surface area contributed by atoms with Crippen LogP contribution in [0.5, 0.6) is 0 Å². The molecule has 2 aliphatic heterocycles. The highest BCUT2D eigenvalue weighted by Gasteiger charge is 2.48. The first-order chi connectivity index (χ1) is 19.6. The Kier molecular flexibility index (Phi) is 6.77. The fourth-order valence-corrected chi connectivity index (χ4v) is 8.42. The molecule has 2 aromatic rings. The Hall–Kier alpha value is -2.39. The van der Waals surface area contributed by atoms with Crippen molar-refractivity contribution in [2.24, 2.45) is 29.1 Å². The van der Waals surface area contributed by atoms with E-state index in [9.17, 15) is 23.2 Å². The van der Waals surface area contributed by atoms with E-state index < -0.39 is 17.4 Å². The molecule has 2 N–H and O–H groups in total. The number of rotatable bonds is 6. The van der Waals surface area contributed by atoms with Gasteiger partial charge in [0.1, 0.15) is 0 Å². The molecular formula is C30H40F3N7O. The quantitative estimate of drug-likeness (QED) is 0.538. The zero-order chi connectivity index (χ0) is 28.5. The number of pyridine rings is 1. The monoisotopic (exact) mass is 571 g/mol.